The number of amides is 1. The minimum Gasteiger partial charge on any atom is -0.489 e. The maximum atomic E-state index is 12.5. The number of carbonyl (C=O) groups excluding carboxylic acids is 1. The van der Waals surface area contributed by atoms with E-state index in [1.165, 1.54) is 16.7 Å². The van der Waals surface area contributed by atoms with Crippen LogP contribution in [0.4, 0.5) is 5.69 Å². The van der Waals surface area contributed by atoms with Crippen LogP contribution in [-0.4, -0.2) is 41.5 Å². The molecule has 0 unspecified atom stereocenters. The SMILES string of the molecule is CC(C)Oc1ccc(-c2ncc(-c3cccc4c3CC[C@@H]4NCC(=O)N3CCCC3)s2)cc1N. The van der Waals surface area contributed by atoms with E-state index in [9.17, 15) is 4.79 Å². The molecule has 0 saturated carbocycles. The van der Waals surface area contributed by atoms with E-state index >= 15 is 0 Å². The lowest BCUT2D eigenvalue weighted by Crippen LogP contribution is -2.37. The molecule has 5 rings (SSSR count). The highest BCUT2D eigenvalue weighted by Crippen LogP contribution is 2.41. The fraction of sp³-hybridized carbons (Fsp3) is 0.407. The zero-order valence-corrected chi connectivity index (χ0v) is 20.7. The monoisotopic (exact) mass is 476 g/mol. The zero-order chi connectivity index (χ0) is 23.7. The van der Waals surface area contributed by atoms with Crippen LogP contribution >= 0.6 is 11.3 Å². The molecule has 178 valence electrons. The van der Waals surface area contributed by atoms with Crippen LogP contribution in [0, 0.1) is 0 Å². The van der Waals surface area contributed by atoms with Gasteiger partial charge < -0.3 is 20.7 Å². The van der Waals surface area contributed by atoms with Gasteiger partial charge in [0.15, 0.2) is 0 Å². The second-order valence-corrected chi connectivity index (χ2v) is 10.4. The number of ether oxygens (including phenoxy) is 1. The van der Waals surface area contributed by atoms with Crippen molar-refractivity contribution in [3.8, 4) is 26.8 Å². The van der Waals surface area contributed by atoms with E-state index in [0.29, 0.717) is 18.0 Å². The average molecular weight is 477 g/mol. The summed E-state index contributed by atoms with van der Waals surface area (Å²) < 4.78 is 5.76. The summed E-state index contributed by atoms with van der Waals surface area (Å²) in [4.78, 5) is 20.3. The standard InChI is InChI=1S/C27H32N4O2S/c1-17(2)33-24-11-8-18(14-22(24)28)27-30-15-25(34-27)21-7-5-6-20-19(21)9-10-23(20)29-16-26(32)31-12-3-4-13-31/h5-8,11,14-15,17,23,29H,3-4,9-10,12-13,16,28H2,1-2H3/t23-/m0/s1. The number of likely N-dealkylation sites (tertiary alicyclic amines) is 1. The number of carbonyl (C=O) groups is 1. The minimum atomic E-state index is 0.0800. The number of nitrogens with one attached hydrogen (secondary N) is 1. The summed E-state index contributed by atoms with van der Waals surface area (Å²) in [6.45, 7) is 6.20. The van der Waals surface area contributed by atoms with Gasteiger partial charge in [-0.1, -0.05) is 18.2 Å². The normalized spacial score (nSPS) is 17.4. The Bertz CT molecular complexity index is 1180. The van der Waals surface area contributed by atoms with E-state index < -0.39 is 0 Å². The maximum absolute atomic E-state index is 12.5. The molecule has 1 atom stereocenters. The van der Waals surface area contributed by atoms with Crippen LogP contribution in [0.15, 0.2) is 42.6 Å². The summed E-state index contributed by atoms with van der Waals surface area (Å²) in [5.74, 6) is 0.927. The Morgan fingerprint density at radius 1 is 1.26 bits per heavy atom. The Morgan fingerprint density at radius 3 is 2.85 bits per heavy atom. The van der Waals surface area contributed by atoms with Gasteiger partial charge in [0.1, 0.15) is 10.8 Å². The topological polar surface area (TPSA) is 80.5 Å². The largest absolute Gasteiger partial charge is 0.489 e. The van der Waals surface area contributed by atoms with Gasteiger partial charge in [0.25, 0.3) is 0 Å². The number of rotatable bonds is 7. The molecule has 1 aliphatic heterocycles. The first-order valence-electron chi connectivity index (χ1n) is 12.2. The molecular formula is C27H32N4O2S. The van der Waals surface area contributed by atoms with Crippen molar-refractivity contribution in [1.29, 1.82) is 0 Å². The van der Waals surface area contributed by atoms with Crippen LogP contribution in [0.3, 0.4) is 0 Å². The smallest absolute Gasteiger partial charge is 0.236 e. The number of fused-ring (bicyclic) bond motifs is 1. The van der Waals surface area contributed by atoms with Crippen LogP contribution < -0.4 is 15.8 Å². The lowest BCUT2D eigenvalue weighted by Gasteiger charge is -2.19. The molecule has 7 heteroatoms. The Morgan fingerprint density at radius 2 is 2.09 bits per heavy atom. The van der Waals surface area contributed by atoms with Crippen LogP contribution in [-0.2, 0) is 11.2 Å². The first-order chi connectivity index (χ1) is 16.5. The number of thiazole rings is 1. The van der Waals surface area contributed by atoms with Crippen molar-refractivity contribution < 1.29 is 9.53 Å². The fourth-order valence-electron chi connectivity index (χ4n) is 4.96. The summed E-state index contributed by atoms with van der Waals surface area (Å²) in [5.41, 5.74) is 11.8. The van der Waals surface area contributed by atoms with Crippen molar-refractivity contribution in [2.75, 3.05) is 25.4 Å². The Hall–Kier alpha value is -2.90. The molecule has 1 saturated heterocycles. The van der Waals surface area contributed by atoms with E-state index in [1.54, 1.807) is 11.3 Å². The van der Waals surface area contributed by atoms with Crippen LogP contribution in [0.2, 0.25) is 0 Å². The minimum absolute atomic E-state index is 0.0800. The molecule has 1 aliphatic carbocycles. The van der Waals surface area contributed by atoms with Crippen molar-refractivity contribution in [1.82, 2.24) is 15.2 Å². The van der Waals surface area contributed by atoms with Crippen LogP contribution in [0.5, 0.6) is 5.75 Å². The number of aromatic nitrogens is 1. The first kappa shape index (κ1) is 22.9. The molecule has 0 spiro atoms. The predicted molar refractivity (Wildman–Crippen MR) is 138 cm³/mol. The molecule has 6 nitrogen and oxygen atoms in total. The molecule has 2 aliphatic rings. The summed E-state index contributed by atoms with van der Waals surface area (Å²) in [6.07, 6.45) is 6.31. The third-order valence-electron chi connectivity index (χ3n) is 6.62. The fourth-order valence-corrected chi connectivity index (χ4v) is 5.93. The third-order valence-corrected chi connectivity index (χ3v) is 7.70. The number of hydrogen-bond donors (Lipinski definition) is 2. The summed E-state index contributed by atoms with van der Waals surface area (Å²) >= 11 is 1.68. The number of anilines is 1. The maximum Gasteiger partial charge on any atom is 0.236 e. The van der Waals surface area contributed by atoms with Crippen LogP contribution in [0.1, 0.15) is 50.3 Å². The number of hydrogen-bond acceptors (Lipinski definition) is 6. The molecule has 1 fully saturated rings. The quantitative estimate of drug-likeness (QED) is 0.467. The van der Waals surface area contributed by atoms with Crippen molar-refractivity contribution in [2.24, 2.45) is 0 Å². The van der Waals surface area contributed by atoms with E-state index in [4.69, 9.17) is 15.5 Å². The van der Waals surface area contributed by atoms with E-state index in [0.717, 1.165) is 54.2 Å². The second-order valence-electron chi connectivity index (χ2n) is 9.38. The molecule has 3 N–H and O–H groups in total. The zero-order valence-electron chi connectivity index (χ0n) is 19.8. The Balaban J connectivity index is 1.32. The van der Waals surface area contributed by atoms with Crippen molar-refractivity contribution in [3.63, 3.8) is 0 Å². The average Bonchev–Trinajstić information content (AvgIpc) is 3.59. The summed E-state index contributed by atoms with van der Waals surface area (Å²) in [7, 11) is 0. The van der Waals surface area contributed by atoms with E-state index in [2.05, 4.69) is 23.5 Å². The van der Waals surface area contributed by atoms with Crippen molar-refractivity contribution >= 4 is 22.9 Å². The molecule has 0 radical (unpaired) electrons. The number of nitrogens with two attached hydrogens (primary N) is 1. The van der Waals surface area contributed by atoms with E-state index in [1.807, 2.05) is 43.1 Å². The van der Waals surface area contributed by atoms with Crippen molar-refractivity contribution in [2.45, 2.75) is 51.7 Å². The Labute approximate surface area is 205 Å². The highest BCUT2D eigenvalue weighted by atomic mass is 32.1. The van der Waals surface area contributed by atoms with Gasteiger partial charge in [0.2, 0.25) is 5.91 Å². The Kier molecular flexibility index (Phi) is 6.57. The predicted octanol–water partition coefficient (Wildman–Crippen LogP) is 5.05. The molecule has 2 aromatic carbocycles. The molecule has 34 heavy (non-hydrogen) atoms. The highest BCUT2D eigenvalue weighted by molar-refractivity contribution is 7.18. The molecule has 1 amide bonds. The molecular weight excluding hydrogens is 444 g/mol. The van der Waals surface area contributed by atoms with Crippen LogP contribution in [0.25, 0.3) is 21.0 Å². The number of nitrogens with zero attached hydrogens (tertiary/aromatic N) is 2. The van der Waals surface area contributed by atoms with Gasteiger partial charge in [-0.3, -0.25) is 4.79 Å². The van der Waals surface area contributed by atoms with Gasteiger partial charge in [-0.05, 0) is 74.4 Å². The summed E-state index contributed by atoms with van der Waals surface area (Å²) in [5, 5.41) is 4.46. The molecule has 2 heterocycles. The van der Waals surface area contributed by atoms with Gasteiger partial charge >= 0.3 is 0 Å². The number of nitrogen functional groups attached to an aromatic ring is 1. The van der Waals surface area contributed by atoms with Gasteiger partial charge in [0.05, 0.1) is 23.2 Å². The number of benzene rings is 2. The van der Waals surface area contributed by atoms with Gasteiger partial charge in [-0.2, -0.15) is 0 Å². The lowest BCUT2D eigenvalue weighted by molar-refractivity contribution is -0.129. The third kappa shape index (κ3) is 4.68. The molecule has 1 aromatic heterocycles. The highest BCUT2D eigenvalue weighted by Gasteiger charge is 2.27. The first-order valence-corrected chi connectivity index (χ1v) is 13.0. The summed E-state index contributed by atoms with van der Waals surface area (Å²) in [6, 6.07) is 12.6. The van der Waals surface area contributed by atoms with E-state index in [-0.39, 0.29) is 18.1 Å². The van der Waals surface area contributed by atoms with Crippen molar-refractivity contribution in [3.05, 3.63) is 53.7 Å². The molecule has 3 aromatic rings. The van der Waals surface area contributed by atoms with Gasteiger partial charge in [-0.25, -0.2) is 4.98 Å². The second kappa shape index (κ2) is 9.76. The lowest BCUT2D eigenvalue weighted by atomic mass is 10.0. The van der Waals surface area contributed by atoms with Gasteiger partial charge in [-0.15, -0.1) is 11.3 Å². The van der Waals surface area contributed by atoms with Gasteiger partial charge in [0, 0.05) is 30.9 Å². The molecule has 0 bridgehead atoms.